The molecule has 5 saturated carbocycles. The highest BCUT2D eigenvalue weighted by atomic mass is 32.2. The van der Waals surface area contributed by atoms with E-state index in [0.29, 0.717) is 12.1 Å². The lowest BCUT2D eigenvalue weighted by Gasteiger charge is -2.57. The Morgan fingerprint density at radius 3 is 2.02 bits per heavy atom. The first kappa shape index (κ1) is 34.8. The number of rotatable bonds is 12. The van der Waals surface area contributed by atoms with Gasteiger partial charge in [0.15, 0.2) is 0 Å². The molecular weight excluding hydrogens is 643 g/mol. The fourth-order valence-electron chi connectivity index (χ4n) is 10.1. The van der Waals surface area contributed by atoms with Crippen molar-refractivity contribution in [3.8, 4) is 0 Å². The summed E-state index contributed by atoms with van der Waals surface area (Å²) in [5.74, 6) is 1.84. The van der Waals surface area contributed by atoms with E-state index in [1.807, 2.05) is 73.7 Å². The minimum atomic E-state index is -3.83. The minimum absolute atomic E-state index is 0.0740. The van der Waals surface area contributed by atoms with Crippen molar-refractivity contribution in [2.45, 2.75) is 108 Å². The normalized spacial score (nSPS) is 25.2. The van der Waals surface area contributed by atoms with Gasteiger partial charge in [-0.25, -0.2) is 8.42 Å². The maximum Gasteiger partial charge on any atom is 0.244 e. The summed E-state index contributed by atoms with van der Waals surface area (Å²) in [6.07, 6.45) is 14.4. The lowest BCUT2D eigenvalue weighted by atomic mass is 9.48. The quantitative estimate of drug-likeness (QED) is 0.215. The Kier molecular flexibility index (Phi) is 10.1. The third-order valence-electron chi connectivity index (χ3n) is 12.3. The predicted octanol–water partition coefficient (Wildman–Crippen LogP) is 7.32. The van der Waals surface area contributed by atoms with E-state index in [1.165, 1.54) is 54.8 Å². The van der Waals surface area contributed by atoms with Crippen LogP contribution in [0.1, 0.15) is 92.9 Å². The molecule has 5 aliphatic carbocycles. The molecule has 0 aliphatic heterocycles. The zero-order chi connectivity index (χ0) is 34.9. The minimum Gasteiger partial charge on any atom is -0.352 e. The van der Waals surface area contributed by atoms with Crippen LogP contribution in [0.25, 0.3) is 0 Å². The second-order valence-corrected chi connectivity index (χ2v) is 17.9. The largest absolute Gasteiger partial charge is 0.352 e. The first-order valence-electron chi connectivity index (χ1n) is 18.8. The highest BCUT2D eigenvalue weighted by molar-refractivity contribution is 7.92. The number of hydrogen-bond donors (Lipinski definition) is 1. The van der Waals surface area contributed by atoms with Crippen LogP contribution in [-0.4, -0.2) is 50.0 Å². The molecule has 4 bridgehead atoms. The number of nitrogens with zero attached hydrogens (tertiary/aromatic N) is 2. The third kappa shape index (κ3) is 7.65. The summed E-state index contributed by atoms with van der Waals surface area (Å²) in [6, 6.07) is 24.9. The number of anilines is 1. The molecule has 8 heteroatoms. The summed E-state index contributed by atoms with van der Waals surface area (Å²) in [4.78, 5) is 30.5. The predicted molar refractivity (Wildman–Crippen MR) is 199 cm³/mol. The summed E-state index contributed by atoms with van der Waals surface area (Å²) in [6.45, 7) is 1.81. The maximum absolute atomic E-state index is 14.7. The molecule has 0 spiro atoms. The number of hydrogen-bond acceptors (Lipinski definition) is 4. The van der Waals surface area contributed by atoms with Gasteiger partial charge in [-0.15, -0.1) is 0 Å². The second-order valence-electron chi connectivity index (χ2n) is 16.0. The molecule has 0 saturated heterocycles. The van der Waals surface area contributed by atoms with Crippen LogP contribution >= 0.6 is 0 Å². The number of sulfonamides is 1. The Balaban J connectivity index is 1.19. The highest BCUT2D eigenvalue weighted by Gasteiger charge is 2.51. The first-order valence-corrected chi connectivity index (χ1v) is 20.7. The van der Waals surface area contributed by atoms with Gasteiger partial charge < -0.3 is 10.2 Å². The monoisotopic (exact) mass is 695 g/mol. The molecule has 50 heavy (non-hydrogen) atoms. The van der Waals surface area contributed by atoms with Crippen molar-refractivity contribution in [3.63, 3.8) is 0 Å². The van der Waals surface area contributed by atoms with Gasteiger partial charge in [0.05, 0.1) is 11.9 Å². The first-order chi connectivity index (χ1) is 24.1. The molecule has 3 aromatic rings. The lowest BCUT2D eigenvalue weighted by Crippen LogP contribution is -2.55. The molecule has 2 amide bonds. The van der Waals surface area contributed by atoms with Gasteiger partial charge in [-0.1, -0.05) is 86.0 Å². The molecule has 0 radical (unpaired) electrons. The van der Waals surface area contributed by atoms with E-state index in [4.69, 9.17) is 0 Å². The van der Waals surface area contributed by atoms with Gasteiger partial charge in [-0.3, -0.25) is 13.9 Å². The van der Waals surface area contributed by atoms with Crippen molar-refractivity contribution < 1.29 is 18.0 Å². The SMILES string of the molecule is Cc1ccccc1CN(C(=O)CN(c1ccc(C23CC4CC(CC(C4)C2)C3)cc1)S(C)(=O)=O)C(Cc1ccccc1)C(=O)NC1CCCCC1. The Bertz CT molecular complexity index is 1730. The molecule has 1 atom stereocenters. The summed E-state index contributed by atoms with van der Waals surface area (Å²) < 4.78 is 28.1. The van der Waals surface area contributed by atoms with Gasteiger partial charge in [-0.05, 0) is 116 Å². The molecule has 0 heterocycles. The Hall–Kier alpha value is -3.65. The molecule has 0 aromatic heterocycles. The van der Waals surface area contributed by atoms with Crippen LogP contribution in [0.4, 0.5) is 5.69 Å². The van der Waals surface area contributed by atoms with Crippen LogP contribution in [-0.2, 0) is 38.0 Å². The van der Waals surface area contributed by atoms with Crippen molar-refractivity contribution in [2.24, 2.45) is 17.8 Å². The van der Waals surface area contributed by atoms with Crippen LogP contribution in [0.2, 0.25) is 0 Å². The van der Waals surface area contributed by atoms with Gasteiger partial charge in [0.1, 0.15) is 12.6 Å². The number of carbonyl (C=O) groups excluding carboxylic acids is 2. The van der Waals surface area contributed by atoms with Crippen LogP contribution in [0, 0.1) is 24.7 Å². The molecule has 3 aromatic carbocycles. The fourth-order valence-corrected chi connectivity index (χ4v) is 11.0. The Morgan fingerprint density at radius 1 is 0.820 bits per heavy atom. The Labute approximate surface area is 298 Å². The van der Waals surface area contributed by atoms with E-state index in [-0.39, 0.29) is 30.5 Å². The highest BCUT2D eigenvalue weighted by Crippen LogP contribution is 2.60. The summed E-state index contributed by atoms with van der Waals surface area (Å²) in [7, 11) is -3.83. The number of benzene rings is 3. The van der Waals surface area contributed by atoms with Crippen molar-refractivity contribution in [3.05, 3.63) is 101 Å². The molecule has 1 N–H and O–H groups in total. The summed E-state index contributed by atoms with van der Waals surface area (Å²) >= 11 is 0. The molecule has 7 nitrogen and oxygen atoms in total. The molecule has 5 fully saturated rings. The number of nitrogens with one attached hydrogen (secondary N) is 1. The van der Waals surface area contributed by atoms with Crippen LogP contribution < -0.4 is 9.62 Å². The van der Waals surface area contributed by atoms with E-state index in [0.717, 1.165) is 66.4 Å². The van der Waals surface area contributed by atoms with Crippen molar-refractivity contribution in [1.29, 1.82) is 0 Å². The molecule has 1 unspecified atom stereocenters. The van der Waals surface area contributed by atoms with E-state index in [9.17, 15) is 18.0 Å². The fraction of sp³-hybridized carbons (Fsp3) is 0.524. The smallest absolute Gasteiger partial charge is 0.244 e. The molecule has 5 aliphatic rings. The number of amides is 2. The second kappa shape index (κ2) is 14.5. The van der Waals surface area contributed by atoms with Crippen molar-refractivity contribution >= 4 is 27.5 Å². The summed E-state index contributed by atoms with van der Waals surface area (Å²) in [5.41, 5.74) is 4.87. The van der Waals surface area contributed by atoms with Gasteiger partial charge in [0.25, 0.3) is 0 Å². The van der Waals surface area contributed by atoms with Crippen molar-refractivity contribution in [2.75, 3.05) is 17.1 Å². The van der Waals surface area contributed by atoms with E-state index in [2.05, 4.69) is 17.4 Å². The standard InChI is InChI=1S/C42H53N3O4S/c1-30-11-9-10-14-35(30)28-44(39(24-31-12-5-3-6-13-31)41(47)43-37-15-7-4-8-16-37)40(46)29-45(50(2,48)49)38-19-17-36(18-20-38)42-25-32-21-33(26-42)23-34(22-32)27-42/h3,5-6,9-14,17-20,32-34,37,39H,4,7-8,15-16,21-29H2,1-2H3,(H,43,47). The average Bonchev–Trinajstić information content (AvgIpc) is 3.09. The molecule has 266 valence electrons. The van der Waals surface area contributed by atoms with Crippen LogP contribution in [0.3, 0.4) is 0 Å². The van der Waals surface area contributed by atoms with Crippen LogP contribution in [0.15, 0.2) is 78.9 Å². The van der Waals surface area contributed by atoms with Gasteiger partial charge in [-0.2, -0.15) is 0 Å². The average molecular weight is 696 g/mol. The summed E-state index contributed by atoms with van der Waals surface area (Å²) in [5, 5.41) is 3.29. The number of carbonyl (C=O) groups is 2. The van der Waals surface area contributed by atoms with Gasteiger partial charge in [0.2, 0.25) is 21.8 Å². The van der Waals surface area contributed by atoms with E-state index >= 15 is 0 Å². The third-order valence-corrected chi connectivity index (χ3v) is 13.5. The topological polar surface area (TPSA) is 86.8 Å². The Morgan fingerprint density at radius 2 is 1.42 bits per heavy atom. The number of aryl methyl sites for hydroxylation is 1. The lowest BCUT2D eigenvalue weighted by molar-refractivity contribution is -0.140. The zero-order valence-corrected chi connectivity index (χ0v) is 30.5. The van der Waals surface area contributed by atoms with Crippen LogP contribution in [0.5, 0.6) is 0 Å². The van der Waals surface area contributed by atoms with Gasteiger partial charge in [0, 0.05) is 19.0 Å². The van der Waals surface area contributed by atoms with Gasteiger partial charge >= 0.3 is 0 Å². The molecular formula is C42H53N3O4S. The zero-order valence-electron chi connectivity index (χ0n) is 29.7. The van der Waals surface area contributed by atoms with Crippen molar-refractivity contribution in [1.82, 2.24) is 10.2 Å². The molecule has 8 rings (SSSR count). The van der Waals surface area contributed by atoms with E-state index in [1.54, 1.807) is 4.90 Å². The maximum atomic E-state index is 14.7. The van der Waals surface area contributed by atoms with E-state index < -0.39 is 22.0 Å².